The maximum absolute atomic E-state index is 14.1. The van der Waals surface area contributed by atoms with Gasteiger partial charge >= 0.3 is 0 Å². The van der Waals surface area contributed by atoms with E-state index >= 15 is 0 Å². The van der Waals surface area contributed by atoms with Crippen molar-refractivity contribution in [1.29, 1.82) is 0 Å². The minimum absolute atomic E-state index is 0.0785. The molecule has 88 valence electrons. The summed E-state index contributed by atoms with van der Waals surface area (Å²) in [4.78, 5) is 0. The van der Waals surface area contributed by atoms with E-state index in [0.717, 1.165) is 12.8 Å². The van der Waals surface area contributed by atoms with E-state index in [4.69, 9.17) is 22.1 Å². The molecule has 1 aromatic rings. The summed E-state index contributed by atoms with van der Waals surface area (Å²) in [6.45, 7) is 1.90. The largest absolute Gasteiger partial charge is 0.494 e. The molecule has 0 saturated heterocycles. The Morgan fingerprint density at radius 3 is 2.56 bits per heavy atom. The lowest BCUT2D eigenvalue weighted by molar-refractivity contribution is 0.379. The third-order valence-electron chi connectivity index (χ3n) is 3.42. The maximum atomic E-state index is 14.1. The van der Waals surface area contributed by atoms with Gasteiger partial charge in [0.15, 0.2) is 11.6 Å². The van der Waals surface area contributed by atoms with Crippen molar-refractivity contribution in [2.24, 2.45) is 5.73 Å². The molecule has 0 aromatic heterocycles. The van der Waals surface area contributed by atoms with Crippen LogP contribution in [0.25, 0.3) is 0 Å². The topological polar surface area (TPSA) is 35.2 Å². The lowest BCUT2D eigenvalue weighted by atomic mass is 9.89. The molecule has 0 heterocycles. The highest BCUT2D eigenvalue weighted by molar-refractivity contribution is 6.30. The number of hydrogen-bond acceptors (Lipinski definition) is 2. The van der Waals surface area contributed by atoms with Crippen LogP contribution >= 0.6 is 11.6 Å². The van der Waals surface area contributed by atoms with Crippen molar-refractivity contribution in [1.82, 2.24) is 0 Å². The molecule has 4 heteroatoms. The third kappa shape index (κ3) is 1.68. The molecule has 1 aliphatic carbocycles. The van der Waals surface area contributed by atoms with Gasteiger partial charge in [-0.2, -0.15) is 0 Å². The minimum atomic E-state index is -0.332. The van der Waals surface area contributed by atoms with Gasteiger partial charge in [0.2, 0.25) is 0 Å². The quantitative estimate of drug-likeness (QED) is 0.886. The molecule has 1 aromatic carbocycles. The van der Waals surface area contributed by atoms with Gasteiger partial charge in [0.25, 0.3) is 0 Å². The molecular weight excluding hydrogens is 229 g/mol. The Bertz CT molecular complexity index is 416. The number of rotatable bonds is 3. The Morgan fingerprint density at radius 2 is 2.12 bits per heavy atom. The molecule has 1 atom stereocenters. The molecule has 0 spiro atoms. The molecule has 1 aliphatic rings. The van der Waals surface area contributed by atoms with E-state index in [1.165, 1.54) is 13.2 Å². The van der Waals surface area contributed by atoms with E-state index in [1.54, 1.807) is 6.07 Å². The van der Waals surface area contributed by atoms with Crippen molar-refractivity contribution in [3.05, 3.63) is 28.5 Å². The van der Waals surface area contributed by atoms with Crippen LogP contribution in [0.3, 0.4) is 0 Å². The number of hydrogen-bond donors (Lipinski definition) is 1. The maximum Gasteiger partial charge on any atom is 0.168 e. The summed E-state index contributed by atoms with van der Waals surface area (Å²) >= 11 is 5.95. The van der Waals surface area contributed by atoms with Crippen molar-refractivity contribution < 1.29 is 9.13 Å². The molecule has 1 saturated carbocycles. The minimum Gasteiger partial charge on any atom is -0.494 e. The fraction of sp³-hybridized carbons (Fsp3) is 0.500. The van der Waals surface area contributed by atoms with Crippen LogP contribution in [0.2, 0.25) is 5.02 Å². The lowest BCUT2D eigenvalue weighted by Gasteiger charge is -2.21. The van der Waals surface area contributed by atoms with E-state index in [1.807, 2.05) is 6.92 Å². The van der Waals surface area contributed by atoms with Crippen LogP contribution < -0.4 is 10.5 Å². The van der Waals surface area contributed by atoms with Gasteiger partial charge in [0.1, 0.15) is 0 Å². The van der Waals surface area contributed by atoms with Crippen molar-refractivity contribution in [2.45, 2.75) is 31.2 Å². The summed E-state index contributed by atoms with van der Waals surface area (Å²) in [7, 11) is 1.43. The normalized spacial score (nSPS) is 19.3. The highest BCUT2D eigenvalue weighted by atomic mass is 35.5. The van der Waals surface area contributed by atoms with Gasteiger partial charge in [-0.1, -0.05) is 11.6 Å². The lowest BCUT2D eigenvalue weighted by Crippen LogP contribution is -2.32. The summed E-state index contributed by atoms with van der Waals surface area (Å²) in [6.07, 6.45) is 1.82. The first-order chi connectivity index (χ1) is 7.51. The summed E-state index contributed by atoms with van der Waals surface area (Å²) in [6, 6.07) is 3.07. The van der Waals surface area contributed by atoms with Crippen LogP contribution in [0.4, 0.5) is 4.39 Å². The molecule has 0 aliphatic heterocycles. The number of ether oxygens (including phenoxy) is 1. The van der Waals surface area contributed by atoms with E-state index < -0.39 is 0 Å². The van der Waals surface area contributed by atoms with Gasteiger partial charge < -0.3 is 10.5 Å². The third-order valence-corrected chi connectivity index (χ3v) is 3.64. The van der Waals surface area contributed by atoms with Crippen molar-refractivity contribution in [3.8, 4) is 5.75 Å². The Labute approximate surface area is 99.5 Å². The fourth-order valence-electron chi connectivity index (χ4n) is 2.18. The van der Waals surface area contributed by atoms with E-state index in [9.17, 15) is 4.39 Å². The van der Waals surface area contributed by atoms with Gasteiger partial charge in [-0.25, -0.2) is 4.39 Å². The van der Waals surface area contributed by atoms with Crippen molar-refractivity contribution in [2.75, 3.05) is 7.11 Å². The summed E-state index contributed by atoms with van der Waals surface area (Å²) < 4.78 is 19.1. The molecule has 1 fully saturated rings. The Hall–Kier alpha value is -0.800. The summed E-state index contributed by atoms with van der Waals surface area (Å²) in [5.41, 5.74) is 6.27. The zero-order valence-electron chi connectivity index (χ0n) is 9.39. The first-order valence-electron chi connectivity index (χ1n) is 5.30. The van der Waals surface area contributed by atoms with Crippen LogP contribution in [0.15, 0.2) is 12.1 Å². The van der Waals surface area contributed by atoms with Crippen LogP contribution in [0.1, 0.15) is 25.3 Å². The highest BCUT2D eigenvalue weighted by Crippen LogP contribution is 2.52. The van der Waals surface area contributed by atoms with Gasteiger partial charge in [0.05, 0.1) is 7.11 Å². The Morgan fingerprint density at radius 1 is 1.50 bits per heavy atom. The summed E-state index contributed by atoms with van der Waals surface area (Å²) in [5.74, 6) is -0.142. The molecule has 16 heavy (non-hydrogen) atoms. The zero-order valence-corrected chi connectivity index (χ0v) is 10.1. The van der Waals surface area contributed by atoms with E-state index in [0.29, 0.717) is 10.6 Å². The van der Waals surface area contributed by atoms with Crippen LogP contribution in [0.5, 0.6) is 5.75 Å². The van der Waals surface area contributed by atoms with Gasteiger partial charge in [-0.15, -0.1) is 0 Å². The number of benzene rings is 1. The molecule has 2 nitrogen and oxygen atoms in total. The first-order valence-corrected chi connectivity index (χ1v) is 5.68. The molecular formula is C12H15ClFNO. The molecule has 0 radical (unpaired) electrons. The van der Waals surface area contributed by atoms with Crippen LogP contribution in [0, 0.1) is 5.82 Å². The van der Waals surface area contributed by atoms with Crippen LogP contribution in [-0.2, 0) is 5.41 Å². The van der Waals surface area contributed by atoms with Gasteiger partial charge in [-0.05, 0) is 25.8 Å². The average molecular weight is 244 g/mol. The van der Waals surface area contributed by atoms with E-state index in [2.05, 4.69) is 0 Å². The van der Waals surface area contributed by atoms with Crippen molar-refractivity contribution in [3.63, 3.8) is 0 Å². The Balaban J connectivity index is 2.53. The molecule has 1 unspecified atom stereocenters. The predicted molar refractivity (Wildman–Crippen MR) is 62.5 cm³/mol. The fourth-order valence-corrected chi connectivity index (χ4v) is 2.39. The Kier molecular flexibility index (Phi) is 2.84. The highest BCUT2D eigenvalue weighted by Gasteiger charge is 2.49. The molecule has 2 rings (SSSR count). The van der Waals surface area contributed by atoms with Gasteiger partial charge in [0, 0.05) is 28.1 Å². The van der Waals surface area contributed by atoms with Crippen LogP contribution in [-0.4, -0.2) is 13.2 Å². The average Bonchev–Trinajstić information content (AvgIpc) is 3.02. The number of halogens is 2. The molecule has 0 amide bonds. The SMILES string of the molecule is COc1cc(Cl)cc(C2(C(C)N)CC2)c1F. The number of nitrogens with two attached hydrogens (primary N) is 1. The van der Waals surface area contributed by atoms with Gasteiger partial charge in [-0.3, -0.25) is 0 Å². The molecule has 0 bridgehead atoms. The monoisotopic (exact) mass is 243 g/mol. The zero-order chi connectivity index (χ0) is 11.9. The second kappa shape index (κ2) is 3.90. The standard InChI is InChI=1S/C12H15ClFNO/c1-7(15)12(3-4-12)9-5-8(13)6-10(16-2)11(9)14/h5-7H,3-4,15H2,1-2H3. The summed E-state index contributed by atoms with van der Waals surface area (Å²) in [5, 5.41) is 0.486. The van der Waals surface area contributed by atoms with E-state index in [-0.39, 0.29) is 23.0 Å². The molecule has 2 N–H and O–H groups in total. The second-order valence-corrected chi connectivity index (χ2v) is 4.85. The van der Waals surface area contributed by atoms with Crippen molar-refractivity contribution >= 4 is 11.6 Å². The smallest absolute Gasteiger partial charge is 0.168 e. The number of methoxy groups -OCH3 is 1. The second-order valence-electron chi connectivity index (χ2n) is 4.41. The predicted octanol–water partition coefficient (Wildman–Crippen LogP) is 2.87. The first kappa shape index (κ1) is 11.7.